The van der Waals surface area contributed by atoms with Gasteiger partial charge < -0.3 is 94.5 Å². The fourth-order valence-electron chi connectivity index (χ4n) is 6.48. The third-order valence-electron chi connectivity index (χ3n) is 9.56. The molecule has 0 saturated carbocycles. The molecule has 0 spiro atoms. The quantitative estimate of drug-likeness (QED) is 0.0973. The van der Waals surface area contributed by atoms with Gasteiger partial charge in [0.2, 0.25) is 11.7 Å². The number of phenols is 2. The van der Waals surface area contributed by atoms with Crippen molar-refractivity contribution in [2.45, 2.75) is 98.0 Å². The van der Waals surface area contributed by atoms with Gasteiger partial charge in [0, 0.05) is 12.1 Å². The summed E-state index contributed by atoms with van der Waals surface area (Å²) < 4.78 is 33.0. The number of hydrogen-bond acceptors (Lipinski definition) is 20. The van der Waals surface area contributed by atoms with Gasteiger partial charge >= 0.3 is 0 Å². The molecule has 53 heavy (non-hydrogen) atoms. The zero-order chi connectivity index (χ0) is 38.5. The molecule has 0 amide bonds. The summed E-state index contributed by atoms with van der Waals surface area (Å²) in [4.78, 5) is 13.2. The molecular weight excluding hydrogens is 716 g/mol. The van der Waals surface area contributed by atoms with Crippen molar-refractivity contribution in [3.63, 3.8) is 0 Å². The van der Waals surface area contributed by atoms with Crippen molar-refractivity contribution >= 4 is 11.0 Å². The molecule has 3 fully saturated rings. The van der Waals surface area contributed by atoms with Crippen LogP contribution in [0.1, 0.15) is 0 Å². The number of ether oxygens (including phenoxy) is 5. The van der Waals surface area contributed by atoms with E-state index in [1.165, 1.54) is 24.3 Å². The first kappa shape index (κ1) is 39.2. The van der Waals surface area contributed by atoms with Crippen LogP contribution in [0, 0.1) is 0 Å². The zero-order valence-electron chi connectivity index (χ0n) is 27.4. The highest BCUT2D eigenvalue weighted by molar-refractivity contribution is 5.88. The van der Waals surface area contributed by atoms with Crippen molar-refractivity contribution in [3.05, 3.63) is 52.9 Å². The van der Waals surface area contributed by atoms with Crippen molar-refractivity contribution in [1.29, 1.82) is 0 Å². The van der Waals surface area contributed by atoms with Crippen LogP contribution < -0.4 is 10.2 Å². The second kappa shape index (κ2) is 15.7. The Kier molecular flexibility index (Phi) is 11.6. The highest BCUT2D eigenvalue weighted by Gasteiger charge is 2.54. The van der Waals surface area contributed by atoms with Gasteiger partial charge in [-0.1, -0.05) is 12.1 Å². The second-order valence-electron chi connectivity index (χ2n) is 13.0. The Hall–Kier alpha value is -3.55. The predicted molar refractivity (Wildman–Crippen MR) is 171 cm³/mol. The molecule has 3 aliphatic heterocycles. The van der Waals surface area contributed by atoms with Crippen LogP contribution in [-0.4, -0.2) is 178 Å². The molecule has 13 N–H and O–H groups in total. The molecule has 3 aromatic rings. The Bertz CT molecular complexity index is 1770. The van der Waals surface area contributed by atoms with Crippen molar-refractivity contribution in [2.75, 3.05) is 13.2 Å². The zero-order valence-corrected chi connectivity index (χ0v) is 27.4. The summed E-state index contributed by atoms with van der Waals surface area (Å²) in [5, 5.41) is 135. The number of aromatic hydroxyl groups is 2. The molecule has 0 bridgehead atoms. The molecule has 3 aliphatic rings. The van der Waals surface area contributed by atoms with Crippen LogP contribution in [0.15, 0.2) is 51.9 Å². The first-order chi connectivity index (χ1) is 25.1. The van der Waals surface area contributed by atoms with E-state index in [4.69, 9.17) is 28.1 Å². The van der Waals surface area contributed by atoms with Gasteiger partial charge in [0.1, 0.15) is 120 Å². The first-order valence-electron chi connectivity index (χ1n) is 16.4. The molecule has 3 saturated heterocycles. The van der Waals surface area contributed by atoms with E-state index in [2.05, 4.69) is 0 Å². The van der Waals surface area contributed by atoms with Crippen molar-refractivity contribution in [1.82, 2.24) is 0 Å². The Balaban J connectivity index is 1.18. The number of aliphatic hydroxyl groups excluding tert-OH is 11. The molecule has 2 aromatic carbocycles. The third kappa shape index (κ3) is 7.45. The minimum absolute atomic E-state index is 0.0363. The summed E-state index contributed by atoms with van der Waals surface area (Å²) in [5.41, 5.74) is -0.352. The minimum atomic E-state index is -2.13. The topological polar surface area (TPSA) is 339 Å². The third-order valence-corrected chi connectivity index (χ3v) is 9.56. The van der Waals surface area contributed by atoms with Gasteiger partial charge in [-0.2, -0.15) is 0 Å². The van der Waals surface area contributed by atoms with E-state index in [-0.39, 0.29) is 28.0 Å². The smallest absolute Gasteiger partial charge is 0.229 e. The average molecular weight is 757 g/mol. The van der Waals surface area contributed by atoms with Crippen LogP contribution in [0.2, 0.25) is 0 Å². The average Bonchev–Trinajstić information content (AvgIpc) is 3.13. The lowest BCUT2D eigenvalue weighted by atomic mass is 9.86. The molecule has 292 valence electrons. The van der Waals surface area contributed by atoms with E-state index in [0.29, 0.717) is 5.56 Å². The maximum atomic E-state index is 13.2. The summed E-state index contributed by atoms with van der Waals surface area (Å²) in [6.07, 6.45) is -28.7. The van der Waals surface area contributed by atoms with Gasteiger partial charge in [0.25, 0.3) is 0 Å². The van der Waals surface area contributed by atoms with Crippen LogP contribution in [-0.2, 0) is 18.9 Å². The SMILES string of the molecule is O=c1c(-c2ccc(O)cc2)coc2cc(O[C@@H]3O[C@H](C(O)[C@@H]4O[C@H](CO[C@@H]5O[C@H](CO)[C@@H](O)[C@H](O)[C@H]5O)[C@@H](O)[C@H](O)[C@H]4O)[C@@H](O)[C@H](O)[C@H]3O)cc(O)c12. The van der Waals surface area contributed by atoms with Crippen LogP contribution in [0.5, 0.6) is 17.2 Å². The lowest BCUT2D eigenvalue weighted by molar-refractivity contribution is -0.327. The fourth-order valence-corrected chi connectivity index (χ4v) is 6.48. The van der Waals surface area contributed by atoms with Gasteiger partial charge in [-0.25, -0.2) is 0 Å². The van der Waals surface area contributed by atoms with Crippen LogP contribution >= 0.6 is 0 Å². The normalized spacial score (nSPS) is 38.4. The van der Waals surface area contributed by atoms with Crippen molar-refractivity contribution in [2.24, 2.45) is 0 Å². The van der Waals surface area contributed by atoms with Crippen LogP contribution in [0.25, 0.3) is 22.1 Å². The fraction of sp³-hybridized carbons (Fsp3) is 0.545. The monoisotopic (exact) mass is 756 g/mol. The van der Waals surface area contributed by atoms with Gasteiger partial charge in [-0.05, 0) is 17.7 Å². The number of hydrogen-bond donors (Lipinski definition) is 13. The molecule has 4 heterocycles. The molecule has 6 rings (SSSR count). The summed E-state index contributed by atoms with van der Waals surface area (Å²) in [5.74, 6) is -0.919. The maximum absolute atomic E-state index is 13.2. The molecule has 20 heteroatoms. The molecule has 20 nitrogen and oxygen atoms in total. The molecule has 0 radical (unpaired) electrons. The maximum Gasteiger partial charge on any atom is 0.229 e. The highest BCUT2D eigenvalue weighted by atomic mass is 16.7. The van der Waals surface area contributed by atoms with Crippen molar-refractivity contribution < 1.29 is 94.5 Å². The second-order valence-corrected chi connectivity index (χ2v) is 13.0. The summed E-state index contributed by atoms with van der Waals surface area (Å²) in [6, 6.07) is 7.77. The minimum Gasteiger partial charge on any atom is -0.508 e. The van der Waals surface area contributed by atoms with Crippen LogP contribution in [0.4, 0.5) is 0 Å². The molecule has 16 atom stereocenters. The van der Waals surface area contributed by atoms with E-state index in [0.717, 1.165) is 18.4 Å². The Morgan fingerprint density at radius 3 is 1.92 bits per heavy atom. The Morgan fingerprint density at radius 2 is 1.26 bits per heavy atom. The van der Waals surface area contributed by atoms with E-state index in [1.54, 1.807) is 0 Å². The van der Waals surface area contributed by atoms with Gasteiger partial charge in [0.05, 0.1) is 18.8 Å². The van der Waals surface area contributed by atoms with E-state index >= 15 is 0 Å². The lowest BCUT2D eigenvalue weighted by Crippen LogP contribution is -2.68. The molecular formula is C33H40O20. The van der Waals surface area contributed by atoms with Crippen molar-refractivity contribution in [3.8, 4) is 28.4 Å². The van der Waals surface area contributed by atoms with Gasteiger partial charge in [-0.3, -0.25) is 4.79 Å². The lowest BCUT2D eigenvalue weighted by Gasteiger charge is -2.47. The number of fused-ring (bicyclic) bond motifs is 1. The Labute approximate surface area is 298 Å². The number of phenolic OH excluding ortho intramolecular Hbond substituents is 2. The summed E-state index contributed by atoms with van der Waals surface area (Å²) in [6.45, 7) is -1.49. The standard InChI is InChI=1S/C33H40O20/c34-7-16-20(38)23(41)27(45)32(52-16)49-9-17-21(39)22(40)25(43)30(51-17)29(47)31-26(44)24(42)28(46)33(53-31)50-12-5-14(36)18-15(6-12)48-8-13(19(18)37)10-1-3-11(35)4-2-10/h1-6,8,16-17,20-36,38-47H,7,9H2/t16-,17-,20-,21-,22+,23+,24+,25-,26+,27-,28-,29?,30-,31+,32-,33-/m1/s1. The van der Waals surface area contributed by atoms with E-state index in [9.17, 15) is 71.2 Å². The molecule has 1 unspecified atom stereocenters. The Morgan fingerprint density at radius 1 is 0.679 bits per heavy atom. The summed E-state index contributed by atoms with van der Waals surface area (Å²) in [7, 11) is 0. The number of rotatable bonds is 9. The first-order valence-corrected chi connectivity index (χ1v) is 16.4. The van der Waals surface area contributed by atoms with Crippen LogP contribution in [0.3, 0.4) is 0 Å². The largest absolute Gasteiger partial charge is 0.508 e. The summed E-state index contributed by atoms with van der Waals surface area (Å²) >= 11 is 0. The van der Waals surface area contributed by atoms with E-state index < -0.39 is 122 Å². The molecule has 1 aromatic heterocycles. The highest BCUT2D eigenvalue weighted by Crippen LogP contribution is 2.35. The van der Waals surface area contributed by atoms with Gasteiger partial charge in [-0.15, -0.1) is 0 Å². The van der Waals surface area contributed by atoms with Gasteiger partial charge in [0.15, 0.2) is 6.29 Å². The molecule has 0 aliphatic carbocycles. The number of aliphatic hydroxyl groups is 11. The predicted octanol–water partition coefficient (Wildman–Crippen LogP) is -4.91. The number of benzene rings is 2. The van der Waals surface area contributed by atoms with E-state index in [1.807, 2.05) is 0 Å².